The van der Waals surface area contributed by atoms with E-state index in [1.807, 2.05) is 0 Å². The van der Waals surface area contributed by atoms with Crippen molar-refractivity contribution < 1.29 is 9.90 Å². The summed E-state index contributed by atoms with van der Waals surface area (Å²) in [5, 5.41) is 26.2. The van der Waals surface area contributed by atoms with E-state index >= 15 is 0 Å². The van der Waals surface area contributed by atoms with Gasteiger partial charge in [-0.3, -0.25) is 9.48 Å². The molecule has 0 aliphatic rings. The second-order valence-corrected chi connectivity index (χ2v) is 5.66. The van der Waals surface area contributed by atoms with Crippen LogP contribution in [0.5, 0.6) is 0 Å². The van der Waals surface area contributed by atoms with Crippen molar-refractivity contribution in [1.29, 1.82) is 5.26 Å². The van der Waals surface area contributed by atoms with Crippen LogP contribution in [0.4, 0.5) is 5.69 Å². The number of anilines is 1. The molecule has 0 bridgehead atoms. The molecule has 1 aromatic carbocycles. The number of rotatable bonds is 4. The van der Waals surface area contributed by atoms with Crippen molar-refractivity contribution in [2.24, 2.45) is 0 Å². The Balaban J connectivity index is 2.10. The maximum atomic E-state index is 12.2. The predicted octanol–water partition coefficient (Wildman–Crippen LogP) is 2.11. The topological polar surface area (TPSA) is 90.9 Å². The summed E-state index contributed by atoms with van der Waals surface area (Å²) < 4.78 is 1.39. The van der Waals surface area contributed by atoms with Crippen LogP contribution in [0.15, 0.2) is 30.6 Å². The average molecular weight is 319 g/mol. The summed E-state index contributed by atoms with van der Waals surface area (Å²) in [5.41, 5.74) is 0.145. The number of halogens is 1. The van der Waals surface area contributed by atoms with E-state index in [-0.39, 0.29) is 6.54 Å². The first-order valence-electron chi connectivity index (χ1n) is 6.54. The van der Waals surface area contributed by atoms with Gasteiger partial charge in [-0.2, -0.15) is 10.4 Å². The molecule has 1 atom stereocenters. The summed E-state index contributed by atoms with van der Waals surface area (Å²) in [5.74, 6) is -0.566. The minimum Gasteiger partial charge on any atom is -0.378 e. The molecular weight excluding hydrogens is 304 g/mol. The van der Waals surface area contributed by atoms with Gasteiger partial charge in [-0.1, -0.05) is 11.6 Å². The second kappa shape index (κ2) is 6.18. The van der Waals surface area contributed by atoms with Crippen LogP contribution in [-0.4, -0.2) is 26.4 Å². The molecule has 0 spiro atoms. The number of hydrogen-bond acceptors (Lipinski definition) is 4. The summed E-state index contributed by atoms with van der Waals surface area (Å²) in [4.78, 5) is 12.2. The first-order chi connectivity index (χ1) is 10.3. The highest BCUT2D eigenvalue weighted by Gasteiger charge is 2.31. The van der Waals surface area contributed by atoms with Gasteiger partial charge in [0.05, 0.1) is 29.4 Å². The highest BCUT2D eigenvalue weighted by molar-refractivity contribution is 6.30. The molecule has 1 amide bonds. The average Bonchev–Trinajstić information content (AvgIpc) is 2.83. The van der Waals surface area contributed by atoms with Crippen LogP contribution in [0.1, 0.15) is 18.1 Å². The fourth-order valence-corrected chi connectivity index (χ4v) is 2.10. The molecule has 0 fully saturated rings. The standard InChI is InChI=1S/C15H15ClN4O2/c1-10-5-13(4-3-11(10)6-17)19-14(21)15(2,22)9-20-8-12(16)7-18-20/h3-5,7-8,22H,9H2,1-2H3,(H,19,21)/t15-/m0/s1. The van der Waals surface area contributed by atoms with Crippen LogP contribution in [0.25, 0.3) is 0 Å². The van der Waals surface area contributed by atoms with Crippen molar-refractivity contribution in [3.63, 3.8) is 0 Å². The normalized spacial score (nSPS) is 13.2. The molecule has 0 aliphatic carbocycles. The third-order valence-electron chi connectivity index (χ3n) is 3.17. The molecule has 2 N–H and O–H groups in total. The van der Waals surface area contributed by atoms with Gasteiger partial charge in [-0.05, 0) is 37.6 Å². The lowest BCUT2D eigenvalue weighted by atomic mass is 10.1. The molecule has 0 unspecified atom stereocenters. The van der Waals surface area contributed by atoms with Gasteiger partial charge in [0.2, 0.25) is 0 Å². The smallest absolute Gasteiger partial charge is 0.257 e. The zero-order chi connectivity index (χ0) is 16.3. The zero-order valence-corrected chi connectivity index (χ0v) is 12.9. The fourth-order valence-electron chi connectivity index (χ4n) is 1.94. The molecule has 7 heteroatoms. The molecule has 0 saturated heterocycles. The van der Waals surface area contributed by atoms with Gasteiger partial charge in [0.25, 0.3) is 5.91 Å². The van der Waals surface area contributed by atoms with E-state index in [1.165, 1.54) is 24.0 Å². The van der Waals surface area contributed by atoms with Crippen molar-refractivity contribution >= 4 is 23.2 Å². The molecule has 0 aliphatic heterocycles. The number of nitriles is 1. The van der Waals surface area contributed by atoms with Crippen LogP contribution in [0.3, 0.4) is 0 Å². The Hall–Kier alpha value is -2.36. The van der Waals surface area contributed by atoms with E-state index in [2.05, 4.69) is 16.5 Å². The number of hydrogen-bond donors (Lipinski definition) is 2. The quantitative estimate of drug-likeness (QED) is 0.903. The summed E-state index contributed by atoms with van der Waals surface area (Å²) in [6, 6.07) is 6.97. The van der Waals surface area contributed by atoms with Gasteiger partial charge in [0.1, 0.15) is 0 Å². The lowest BCUT2D eigenvalue weighted by molar-refractivity contribution is -0.133. The van der Waals surface area contributed by atoms with Crippen LogP contribution in [0.2, 0.25) is 5.02 Å². The highest BCUT2D eigenvalue weighted by Crippen LogP contribution is 2.17. The molecule has 1 heterocycles. The molecular formula is C15H15ClN4O2. The maximum absolute atomic E-state index is 12.2. The van der Waals surface area contributed by atoms with Gasteiger partial charge >= 0.3 is 0 Å². The Morgan fingerprint density at radius 1 is 1.59 bits per heavy atom. The molecule has 6 nitrogen and oxygen atoms in total. The Labute approximate surface area is 132 Å². The molecule has 0 saturated carbocycles. The van der Waals surface area contributed by atoms with E-state index < -0.39 is 11.5 Å². The first kappa shape index (κ1) is 16.0. The van der Waals surface area contributed by atoms with Gasteiger partial charge in [-0.25, -0.2) is 0 Å². The molecule has 0 radical (unpaired) electrons. The third-order valence-corrected chi connectivity index (χ3v) is 3.36. The molecule has 22 heavy (non-hydrogen) atoms. The third kappa shape index (κ3) is 3.64. The van der Waals surface area contributed by atoms with E-state index in [0.29, 0.717) is 16.3 Å². The van der Waals surface area contributed by atoms with Gasteiger partial charge in [-0.15, -0.1) is 0 Å². The number of carbonyl (C=O) groups excluding carboxylic acids is 1. The summed E-state index contributed by atoms with van der Waals surface area (Å²) in [6.45, 7) is 3.15. The second-order valence-electron chi connectivity index (χ2n) is 5.23. The van der Waals surface area contributed by atoms with Crippen LogP contribution < -0.4 is 5.32 Å². The molecule has 2 rings (SSSR count). The predicted molar refractivity (Wildman–Crippen MR) is 82.4 cm³/mol. The molecule has 1 aromatic heterocycles. The van der Waals surface area contributed by atoms with Crippen LogP contribution in [-0.2, 0) is 11.3 Å². The van der Waals surface area contributed by atoms with E-state index in [1.54, 1.807) is 25.1 Å². The summed E-state index contributed by atoms with van der Waals surface area (Å²) in [6.07, 6.45) is 2.95. The van der Waals surface area contributed by atoms with Crippen LogP contribution in [0, 0.1) is 18.3 Å². The van der Waals surface area contributed by atoms with Crippen molar-refractivity contribution in [3.05, 3.63) is 46.7 Å². The zero-order valence-electron chi connectivity index (χ0n) is 12.2. The molecule has 2 aromatic rings. The van der Waals surface area contributed by atoms with E-state index in [0.717, 1.165) is 5.56 Å². The number of aromatic nitrogens is 2. The number of amides is 1. The van der Waals surface area contributed by atoms with Gasteiger partial charge < -0.3 is 10.4 Å². The minimum absolute atomic E-state index is 0.0270. The largest absolute Gasteiger partial charge is 0.378 e. The Kier molecular flexibility index (Phi) is 4.50. The van der Waals surface area contributed by atoms with E-state index in [9.17, 15) is 9.90 Å². The first-order valence-corrected chi connectivity index (χ1v) is 6.92. The molecule has 114 valence electrons. The fraction of sp³-hybridized carbons (Fsp3) is 0.267. The van der Waals surface area contributed by atoms with Crippen molar-refractivity contribution in [2.75, 3.05) is 5.32 Å². The van der Waals surface area contributed by atoms with Gasteiger partial charge in [0.15, 0.2) is 5.60 Å². The number of aryl methyl sites for hydroxylation is 1. The lowest BCUT2D eigenvalue weighted by Gasteiger charge is -2.22. The lowest BCUT2D eigenvalue weighted by Crippen LogP contribution is -2.43. The monoisotopic (exact) mass is 318 g/mol. The SMILES string of the molecule is Cc1cc(NC(=O)[C@@](C)(O)Cn2cc(Cl)cn2)ccc1C#N. The number of nitrogens with one attached hydrogen (secondary N) is 1. The Bertz CT molecular complexity index is 746. The van der Waals surface area contributed by atoms with Gasteiger partial charge in [0, 0.05) is 11.9 Å². The minimum atomic E-state index is -1.66. The Morgan fingerprint density at radius 2 is 2.32 bits per heavy atom. The van der Waals surface area contributed by atoms with Crippen molar-refractivity contribution in [2.45, 2.75) is 26.0 Å². The van der Waals surface area contributed by atoms with E-state index in [4.69, 9.17) is 16.9 Å². The number of benzene rings is 1. The van der Waals surface area contributed by atoms with Crippen molar-refractivity contribution in [3.8, 4) is 6.07 Å². The number of aliphatic hydroxyl groups is 1. The van der Waals surface area contributed by atoms with Crippen LogP contribution >= 0.6 is 11.6 Å². The van der Waals surface area contributed by atoms with Crippen molar-refractivity contribution in [1.82, 2.24) is 9.78 Å². The number of carbonyl (C=O) groups is 1. The Morgan fingerprint density at radius 3 is 2.86 bits per heavy atom. The summed E-state index contributed by atoms with van der Waals surface area (Å²) >= 11 is 5.75. The number of nitrogens with zero attached hydrogens (tertiary/aromatic N) is 3. The highest BCUT2D eigenvalue weighted by atomic mass is 35.5. The maximum Gasteiger partial charge on any atom is 0.257 e. The summed E-state index contributed by atoms with van der Waals surface area (Å²) in [7, 11) is 0.